The van der Waals surface area contributed by atoms with E-state index >= 15 is 0 Å². The molecule has 3 fully saturated rings. The van der Waals surface area contributed by atoms with E-state index in [0.717, 1.165) is 24.8 Å². The highest BCUT2D eigenvalue weighted by Gasteiger charge is 2.48. The summed E-state index contributed by atoms with van der Waals surface area (Å²) in [7, 11) is 0. The maximum Gasteiger partial charge on any atom is 0.254 e. The van der Waals surface area contributed by atoms with Crippen molar-refractivity contribution in [3.8, 4) is 0 Å². The predicted octanol–water partition coefficient (Wildman–Crippen LogP) is 3.52. The molecule has 3 aliphatic rings. The van der Waals surface area contributed by atoms with Gasteiger partial charge >= 0.3 is 0 Å². The summed E-state index contributed by atoms with van der Waals surface area (Å²) in [5.74, 6) is 0.446. The van der Waals surface area contributed by atoms with Gasteiger partial charge in [0.15, 0.2) is 0 Å². The molecule has 27 heavy (non-hydrogen) atoms. The van der Waals surface area contributed by atoms with Gasteiger partial charge in [-0.25, -0.2) is 4.39 Å². The first-order valence-corrected chi connectivity index (χ1v) is 11.1. The van der Waals surface area contributed by atoms with Crippen LogP contribution in [0.4, 0.5) is 4.39 Å². The standard InChI is InChI=1S/C21H27FN2O2S/c1-12(2)19(27-3)21(26)24-11-15-9-16(24)10-23(15)20(25)14-6-7-17(13-4-5-13)18(22)8-14/h6-8,12-13,15-16,19H,4-5,9-11H2,1-3H3/t15-,16-,19?/m0/s1. The zero-order valence-corrected chi connectivity index (χ0v) is 17.0. The Morgan fingerprint density at radius 2 is 1.81 bits per heavy atom. The first-order valence-electron chi connectivity index (χ1n) is 9.84. The van der Waals surface area contributed by atoms with Crippen LogP contribution in [0.5, 0.6) is 0 Å². The lowest BCUT2D eigenvalue weighted by atomic mass is 10.1. The zero-order chi connectivity index (χ0) is 19.3. The fourth-order valence-corrected chi connectivity index (χ4v) is 5.44. The molecular formula is C21H27FN2O2S. The van der Waals surface area contributed by atoms with Crippen LogP contribution in [0.3, 0.4) is 0 Å². The molecule has 4 rings (SSSR count). The molecule has 1 unspecified atom stereocenters. The van der Waals surface area contributed by atoms with Crippen molar-refractivity contribution in [1.82, 2.24) is 9.80 Å². The Bertz CT molecular complexity index is 765. The van der Waals surface area contributed by atoms with Crippen LogP contribution in [0.25, 0.3) is 0 Å². The van der Waals surface area contributed by atoms with Gasteiger partial charge in [0.25, 0.3) is 5.91 Å². The van der Waals surface area contributed by atoms with Crippen LogP contribution in [-0.4, -0.2) is 58.3 Å². The molecule has 2 amide bonds. The van der Waals surface area contributed by atoms with Gasteiger partial charge in [-0.2, -0.15) is 11.8 Å². The minimum atomic E-state index is -0.260. The number of carbonyl (C=O) groups excluding carboxylic acids is 2. The van der Waals surface area contributed by atoms with Crippen molar-refractivity contribution in [3.05, 3.63) is 35.1 Å². The smallest absolute Gasteiger partial charge is 0.254 e. The second-order valence-corrected chi connectivity index (χ2v) is 9.38. The summed E-state index contributed by atoms with van der Waals surface area (Å²) in [6.07, 6.45) is 4.89. The molecule has 2 heterocycles. The van der Waals surface area contributed by atoms with Crippen molar-refractivity contribution >= 4 is 23.6 Å². The van der Waals surface area contributed by atoms with Crippen molar-refractivity contribution in [2.24, 2.45) is 5.92 Å². The molecule has 1 aromatic carbocycles. The number of halogens is 1. The summed E-state index contributed by atoms with van der Waals surface area (Å²) < 4.78 is 14.3. The van der Waals surface area contributed by atoms with E-state index in [1.165, 1.54) is 6.07 Å². The van der Waals surface area contributed by atoms with Crippen LogP contribution < -0.4 is 0 Å². The Kier molecular flexibility index (Phi) is 4.95. The maximum absolute atomic E-state index is 14.3. The first-order chi connectivity index (χ1) is 12.9. The van der Waals surface area contributed by atoms with E-state index in [1.54, 1.807) is 23.9 Å². The van der Waals surface area contributed by atoms with Crippen molar-refractivity contribution in [2.45, 2.75) is 56.4 Å². The molecule has 0 spiro atoms. The lowest BCUT2D eigenvalue weighted by molar-refractivity contribution is -0.133. The van der Waals surface area contributed by atoms with Crippen molar-refractivity contribution in [1.29, 1.82) is 0 Å². The highest BCUT2D eigenvalue weighted by atomic mass is 32.2. The van der Waals surface area contributed by atoms with Crippen molar-refractivity contribution in [2.75, 3.05) is 19.3 Å². The normalized spacial score (nSPS) is 25.4. The predicted molar refractivity (Wildman–Crippen MR) is 105 cm³/mol. The average molecular weight is 391 g/mol. The quantitative estimate of drug-likeness (QED) is 0.772. The molecule has 6 heteroatoms. The molecular weight excluding hydrogens is 363 g/mol. The SMILES string of the molecule is CSC(C(=O)N1C[C@@H]2C[C@H]1CN2C(=O)c1ccc(C2CC2)c(F)c1)C(C)C. The number of thioether (sulfide) groups is 1. The number of fused-ring (bicyclic) bond motifs is 2. The Balaban J connectivity index is 1.44. The number of rotatable bonds is 5. The monoisotopic (exact) mass is 390 g/mol. The molecule has 3 atom stereocenters. The molecule has 2 saturated heterocycles. The van der Waals surface area contributed by atoms with Crippen LogP contribution in [-0.2, 0) is 4.79 Å². The Labute approximate surface area is 164 Å². The first kappa shape index (κ1) is 18.8. The molecule has 146 valence electrons. The van der Waals surface area contributed by atoms with Gasteiger partial charge < -0.3 is 9.80 Å². The third-order valence-electron chi connectivity index (χ3n) is 6.15. The minimum Gasteiger partial charge on any atom is -0.335 e. The molecule has 1 aliphatic carbocycles. The topological polar surface area (TPSA) is 40.6 Å². The lowest BCUT2D eigenvalue weighted by Gasteiger charge is -2.36. The summed E-state index contributed by atoms with van der Waals surface area (Å²) in [4.78, 5) is 29.6. The second-order valence-electron chi connectivity index (χ2n) is 8.40. The molecule has 4 nitrogen and oxygen atoms in total. The van der Waals surface area contributed by atoms with E-state index in [9.17, 15) is 14.0 Å². The number of nitrogens with zero attached hydrogens (tertiary/aromatic N) is 2. The van der Waals surface area contributed by atoms with E-state index in [0.29, 0.717) is 24.6 Å². The fraction of sp³-hybridized carbons (Fsp3) is 0.619. The maximum atomic E-state index is 14.3. The van der Waals surface area contributed by atoms with E-state index in [2.05, 4.69) is 13.8 Å². The van der Waals surface area contributed by atoms with Crippen LogP contribution in [0.1, 0.15) is 54.9 Å². The van der Waals surface area contributed by atoms with E-state index < -0.39 is 0 Å². The van der Waals surface area contributed by atoms with E-state index in [1.807, 2.05) is 16.1 Å². The summed E-state index contributed by atoms with van der Waals surface area (Å²) in [5, 5.41) is -0.0300. The average Bonchev–Trinajstić information content (AvgIpc) is 3.28. The van der Waals surface area contributed by atoms with Crippen LogP contribution >= 0.6 is 11.8 Å². The van der Waals surface area contributed by atoms with Gasteiger partial charge in [-0.05, 0) is 55.1 Å². The summed E-state index contributed by atoms with van der Waals surface area (Å²) >= 11 is 1.60. The highest BCUT2D eigenvalue weighted by molar-refractivity contribution is 7.99. The number of likely N-dealkylation sites (tertiary alicyclic amines) is 2. The largest absolute Gasteiger partial charge is 0.335 e. The zero-order valence-electron chi connectivity index (χ0n) is 16.2. The number of piperazine rings is 1. The Hall–Kier alpha value is -1.56. The van der Waals surface area contributed by atoms with Gasteiger partial charge in [0.2, 0.25) is 5.91 Å². The number of hydrogen-bond acceptors (Lipinski definition) is 3. The lowest BCUT2D eigenvalue weighted by Crippen LogP contribution is -2.53. The molecule has 1 saturated carbocycles. The summed E-state index contributed by atoms with van der Waals surface area (Å²) in [6, 6.07) is 5.07. The van der Waals surface area contributed by atoms with Crippen LogP contribution in [0, 0.1) is 11.7 Å². The molecule has 0 radical (unpaired) electrons. The molecule has 0 aromatic heterocycles. The highest BCUT2D eigenvalue weighted by Crippen LogP contribution is 2.41. The molecule has 0 N–H and O–H groups in total. The third-order valence-corrected chi connectivity index (χ3v) is 7.41. The number of amides is 2. The molecule has 2 aliphatic heterocycles. The van der Waals surface area contributed by atoms with Gasteiger partial charge in [-0.3, -0.25) is 9.59 Å². The van der Waals surface area contributed by atoms with Gasteiger partial charge in [0.1, 0.15) is 5.82 Å². The summed E-state index contributed by atoms with van der Waals surface area (Å²) in [6.45, 7) is 5.30. The van der Waals surface area contributed by atoms with Crippen LogP contribution in [0.15, 0.2) is 18.2 Å². The third kappa shape index (κ3) is 3.37. The van der Waals surface area contributed by atoms with Gasteiger partial charge in [0.05, 0.1) is 17.3 Å². The Morgan fingerprint density at radius 1 is 1.15 bits per heavy atom. The van der Waals surface area contributed by atoms with Gasteiger partial charge in [0, 0.05) is 18.7 Å². The van der Waals surface area contributed by atoms with Crippen LogP contribution in [0.2, 0.25) is 0 Å². The van der Waals surface area contributed by atoms with Crippen molar-refractivity contribution in [3.63, 3.8) is 0 Å². The van der Waals surface area contributed by atoms with E-state index in [4.69, 9.17) is 0 Å². The molecule has 1 aromatic rings. The summed E-state index contributed by atoms with van der Waals surface area (Å²) in [5.41, 5.74) is 1.16. The molecule has 2 bridgehead atoms. The van der Waals surface area contributed by atoms with Gasteiger partial charge in [-0.15, -0.1) is 0 Å². The second kappa shape index (κ2) is 7.12. The fourth-order valence-electron chi connectivity index (χ4n) is 4.56. The Morgan fingerprint density at radius 3 is 2.33 bits per heavy atom. The number of carbonyl (C=O) groups is 2. The number of hydrogen-bond donors (Lipinski definition) is 0. The minimum absolute atomic E-state index is 0.0300. The number of benzene rings is 1. The van der Waals surface area contributed by atoms with Gasteiger partial charge in [-0.1, -0.05) is 19.9 Å². The van der Waals surface area contributed by atoms with Crippen molar-refractivity contribution < 1.29 is 14.0 Å². The van der Waals surface area contributed by atoms with E-state index in [-0.39, 0.29) is 40.9 Å².